The van der Waals surface area contributed by atoms with E-state index in [1.807, 2.05) is 24.3 Å². The molecule has 0 aliphatic rings. The summed E-state index contributed by atoms with van der Waals surface area (Å²) in [6.45, 7) is 0.655. The van der Waals surface area contributed by atoms with Gasteiger partial charge in [-0.2, -0.15) is 0 Å². The average molecular weight is 328 g/mol. The standard InChI is InChI=1S/C18H20N2O4/c1-23-11-15-6-3-2-5-14(15)10-20-18(22)13-7-4-8-16(9-13)24-12-17(19)21/h2-9H,10-12H2,1H3,(H2,19,21)(H,20,22). The molecule has 6 nitrogen and oxygen atoms in total. The van der Waals surface area contributed by atoms with E-state index in [0.717, 1.165) is 11.1 Å². The number of benzene rings is 2. The molecule has 2 amide bonds. The van der Waals surface area contributed by atoms with Crippen LogP contribution in [-0.2, 0) is 22.7 Å². The Hall–Kier alpha value is -2.86. The number of rotatable bonds is 8. The van der Waals surface area contributed by atoms with Crippen LogP contribution in [-0.4, -0.2) is 25.5 Å². The maximum Gasteiger partial charge on any atom is 0.255 e. The lowest BCUT2D eigenvalue weighted by Gasteiger charge is -2.11. The van der Waals surface area contributed by atoms with Gasteiger partial charge in [-0.3, -0.25) is 9.59 Å². The molecule has 0 fully saturated rings. The van der Waals surface area contributed by atoms with E-state index in [-0.39, 0.29) is 12.5 Å². The monoisotopic (exact) mass is 328 g/mol. The molecule has 0 saturated heterocycles. The summed E-state index contributed by atoms with van der Waals surface area (Å²) in [5, 5.41) is 2.86. The van der Waals surface area contributed by atoms with Gasteiger partial charge in [-0.25, -0.2) is 0 Å². The molecule has 0 saturated carbocycles. The number of methoxy groups -OCH3 is 1. The van der Waals surface area contributed by atoms with Crippen LogP contribution in [0.2, 0.25) is 0 Å². The summed E-state index contributed by atoms with van der Waals surface area (Å²) in [4.78, 5) is 23.0. The third kappa shape index (κ3) is 5.10. The quantitative estimate of drug-likeness (QED) is 0.770. The van der Waals surface area contributed by atoms with Crippen molar-refractivity contribution in [3.05, 3.63) is 65.2 Å². The number of nitrogens with two attached hydrogens (primary N) is 1. The van der Waals surface area contributed by atoms with Gasteiger partial charge in [0.15, 0.2) is 6.61 Å². The highest BCUT2D eigenvalue weighted by atomic mass is 16.5. The fourth-order valence-electron chi connectivity index (χ4n) is 2.19. The molecule has 2 aromatic rings. The second kappa shape index (κ2) is 8.69. The molecular weight excluding hydrogens is 308 g/mol. The topological polar surface area (TPSA) is 90.7 Å². The van der Waals surface area contributed by atoms with Crippen molar-refractivity contribution in [2.45, 2.75) is 13.2 Å². The first-order valence-corrected chi connectivity index (χ1v) is 7.45. The van der Waals surface area contributed by atoms with E-state index in [9.17, 15) is 9.59 Å². The Morgan fingerprint density at radius 3 is 2.54 bits per heavy atom. The molecule has 0 bridgehead atoms. The van der Waals surface area contributed by atoms with E-state index in [1.165, 1.54) is 0 Å². The predicted octanol–water partition coefficient (Wildman–Crippen LogP) is 1.63. The minimum absolute atomic E-state index is 0.227. The minimum Gasteiger partial charge on any atom is -0.484 e. The normalized spacial score (nSPS) is 10.2. The third-order valence-electron chi connectivity index (χ3n) is 3.33. The van der Waals surface area contributed by atoms with Crippen molar-refractivity contribution >= 4 is 11.8 Å². The molecule has 126 valence electrons. The molecule has 2 aromatic carbocycles. The van der Waals surface area contributed by atoms with Gasteiger partial charge in [0.2, 0.25) is 0 Å². The van der Waals surface area contributed by atoms with Crippen LogP contribution in [0.5, 0.6) is 5.75 Å². The summed E-state index contributed by atoms with van der Waals surface area (Å²) < 4.78 is 10.4. The van der Waals surface area contributed by atoms with Gasteiger partial charge >= 0.3 is 0 Å². The number of hydrogen-bond acceptors (Lipinski definition) is 4. The van der Waals surface area contributed by atoms with E-state index < -0.39 is 5.91 Å². The number of ether oxygens (including phenoxy) is 2. The molecular formula is C18H20N2O4. The Bertz CT molecular complexity index is 716. The van der Waals surface area contributed by atoms with Gasteiger partial charge in [-0.05, 0) is 29.3 Å². The zero-order chi connectivity index (χ0) is 17.4. The Morgan fingerprint density at radius 2 is 1.83 bits per heavy atom. The molecule has 6 heteroatoms. The van der Waals surface area contributed by atoms with Crippen molar-refractivity contribution < 1.29 is 19.1 Å². The van der Waals surface area contributed by atoms with E-state index in [1.54, 1.807) is 31.4 Å². The Morgan fingerprint density at radius 1 is 1.08 bits per heavy atom. The lowest BCUT2D eigenvalue weighted by atomic mass is 10.1. The molecule has 0 unspecified atom stereocenters. The van der Waals surface area contributed by atoms with E-state index in [2.05, 4.69) is 5.32 Å². The van der Waals surface area contributed by atoms with Crippen molar-refractivity contribution in [1.29, 1.82) is 0 Å². The second-order valence-corrected chi connectivity index (χ2v) is 5.17. The van der Waals surface area contributed by atoms with Crippen LogP contribution in [0.25, 0.3) is 0 Å². The average Bonchev–Trinajstić information content (AvgIpc) is 2.59. The lowest BCUT2D eigenvalue weighted by Crippen LogP contribution is -2.24. The van der Waals surface area contributed by atoms with Gasteiger partial charge in [0.25, 0.3) is 11.8 Å². The van der Waals surface area contributed by atoms with Crippen molar-refractivity contribution in [2.75, 3.05) is 13.7 Å². The first-order valence-electron chi connectivity index (χ1n) is 7.45. The van der Waals surface area contributed by atoms with Crippen LogP contribution in [0.3, 0.4) is 0 Å². The summed E-state index contributed by atoms with van der Waals surface area (Å²) in [6.07, 6.45) is 0. The molecule has 0 aliphatic carbocycles. The van der Waals surface area contributed by atoms with Crippen LogP contribution in [0, 0.1) is 0 Å². The van der Waals surface area contributed by atoms with Gasteiger partial charge in [-0.15, -0.1) is 0 Å². The highest BCUT2D eigenvalue weighted by Gasteiger charge is 2.09. The van der Waals surface area contributed by atoms with E-state index >= 15 is 0 Å². The molecule has 24 heavy (non-hydrogen) atoms. The van der Waals surface area contributed by atoms with Crippen molar-refractivity contribution in [3.63, 3.8) is 0 Å². The highest BCUT2D eigenvalue weighted by Crippen LogP contribution is 2.14. The number of carbonyl (C=O) groups is 2. The van der Waals surface area contributed by atoms with E-state index in [0.29, 0.717) is 24.5 Å². The lowest BCUT2D eigenvalue weighted by molar-refractivity contribution is -0.119. The van der Waals surface area contributed by atoms with Gasteiger partial charge in [0.1, 0.15) is 5.75 Å². The predicted molar refractivity (Wildman–Crippen MR) is 89.5 cm³/mol. The summed E-state index contributed by atoms with van der Waals surface area (Å²) in [5.74, 6) is -0.382. The zero-order valence-corrected chi connectivity index (χ0v) is 13.5. The first kappa shape index (κ1) is 17.5. The van der Waals surface area contributed by atoms with Crippen LogP contribution in [0.1, 0.15) is 21.5 Å². The zero-order valence-electron chi connectivity index (χ0n) is 13.5. The Labute approximate surface area is 140 Å². The fraction of sp³-hybridized carbons (Fsp3) is 0.222. The second-order valence-electron chi connectivity index (χ2n) is 5.17. The molecule has 0 aliphatic heterocycles. The van der Waals surface area contributed by atoms with Crippen molar-refractivity contribution in [1.82, 2.24) is 5.32 Å². The smallest absolute Gasteiger partial charge is 0.255 e. The molecule has 3 N–H and O–H groups in total. The highest BCUT2D eigenvalue weighted by molar-refractivity contribution is 5.94. The molecule has 0 heterocycles. The largest absolute Gasteiger partial charge is 0.484 e. The first-order chi connectivity index (χ1) is 11.6. The number of nitrogens with one attached hydrogen (secondary N) is 1. The van der Waals surface area contributed by atoms with E-state index in [4.69, 9.17) is 15.2 Å². The van der Waals surface area contributed by atoms with Gasteiger partial charge in [0, 0.05) is 19.2 Å². The maximum atomic E-state index is 12.3. The SMILES string of the molecule is COCc1ccccc1CNC(=O)c1cccc(OCC(N)=O)c1. The van der Waals surface area contributed by atoms with Crippen LogP contribution < -0.4 is 15.8 Å². The Balaban J connectivity index is 2.00. The number of hydrogen-bond donors (Lipinski definition) is 2. The van der Waals surface area contributed by atoms with Crippen LogP contribution >= 0.6 is 0 Å². The minimum atomic E-state index is -0.570. The van der Waals surface area contributed by atoms with Gasteiger partial charge in [-0.1, -0.05) is 30.3 Å². The summed E-state index contributed by atoms with van der Waals surface area (Å²) in [7, 11) is 1.63. The molecule has 2 rings (SSSR count). The summed E-state index contributed by atoms with van der Waals surface area (Å²) in [6, 6.07) is 14.3. The van der Waals surface area contributed by atoms with Crippen molar-refractivity contribution in [2.24, 2.45) is 5.73 Å². The molecule has 0 atom stereocenters. The molecule has 0 aromatic heterocycles. The molecule has 0 spiro atoms. The fourth-order valence-corrected chi connectivity index (χ4v) is 2.19. The number of primary amides is 1. The summed E-state index contributed by atoms with van der Waals surface area (Å²) in [5.41, 5.74) is 7.50. The molecule has 0 radical (unpaired) electrons. The maximum absolute atomic E-state index is 12.3. The van der Waals surface area contributed by atoms with Gasteiger partial charge in [0.05, 0.1) is 6.61 Å². The van der Waals surface area contributed by atoms with Crippen LogP contribution in [0.15, 0.2) is 48.5 Å². The number of amides is 2. The van der Waals surface area contributed by atoms with Crippen LogP contribution in [0.4, 0.5) is 0 Å². The third-order valence-corrected chi connectivity index (χ3v) is 3.33. The van der Waals surface area contributed by atoms with Crippen molar-refractivity contribution in [3.8, 4) is 5.75 Å². The summed E-state index contributed by atoms with van der Waals surface area (Å²) >= 11 is 0. The number of carbonyl (C=O) groups excluding carboxylic acids is 2. The Kier molecular flexibility index (Phi) is 6.33. The van der Waals surface area contributed by atoms with Gasteiger partial charge < -0.3 is 20.5 Å².